The van der Waals surface area contributed by atoms with Crippen LogP contribution in [0.15, 0.2) is 48.8 Å². The molecule has 2 heterocycles. The SMILES string of the molecule is CCN(Cc1ccncc1)C1CCNCc2ccccc21. The molecule has 3 nitrogen and oxygen atoms in total. The molecule has 110 valence electrons. The second kappa shape index (κ2) is 6.83. The Balaban J connectivity index is 1.86. The third-order valence-electron chi connectivity index (χ3n) is 4.31. The Kier molecular flexibility index (Phi) is 4.63. The molecule has 1 aromatic carbocycles. The van der Waals surface area contributed by atoms with E-state index in [2.05, 4.69) is 58.5 Å². The fourth-order valence-electron chi connectivity index (χ4n) is 3.18. The first kappa shape index (κ1) is 14.2. The lowest BCUT2D eigenvalue weighted by atomic mass is 9.97. The Labute approximate surface area is 127 Å². The number of benzene rings is 1. The molecule has 0 bridgehead atoms. The van der Waals surface area contributed by atoms with Crippen molar-refractivity contribution in [1.29, 1.82) is 0 Å². The average molecular weight is 281 g/mol. The number of fused-ring (bicyclic) bond motifs is 1. The van der Waals surface area contributed by atoms with Crippen molar-refractivity contribution in [3.05, 3.63) is 65.5 Å². The van der Waals surface area contributed by atoms with Crippen LogP contribution in [0.2, 0.25) is 0 Å². The first-order valence-electron chi connectivity index (χ1n) is 7.80. The minimum Gasteiger partial charge on any atom is -0.313 e. The summed E-state index contributed by atoms with van der Waals surface area (Å²) >= 11 is 0. The van der Waals surface area contributed by atoms with E-state index in [0.717, 1.165) is 32.6 Å². The fourth-order valence-corrected chi connectivity index (χ4v) is 3.18. The van der Waals surface area contributed by atoms with E-state index in [1.165, 1.54) is 16.7 Å². The zero-order valence-electron chi connectivity index (χ0n) is 12.6. The summed E-state index contributed by atoms with van der Waals surface area (Å²) in [6, 6.07) is 13.6. The van der Waals surface area contributed by atoms with Gasteiger partial charge in [-0.2, -0.15) is 0 Å². The Morgan fingerprint density at radius 3 is 2.81 bits per heavy atom. The second-order valence-electron chi connectivity index (χ2n) is 5.60. The van der Waals surface area contributed by atoms with Crippen LogP contribution in [0.4, 0.5) is 0 Å². The fraction of sp³-hybridized carbons (Fsp3) is 0.389. The van der Waals surface area contributed by atoms with Crippen LogP contribution in [-0.4, -0.2) is 23.0 Å². The Bertz CT molecular complexity index is 568. The quantitative estimate of drug-likeness (QED) is 0.933. The molecule has 1 N–H and O–H groups in total. The third-order valence-corrected chi connectivity index (χ3v) is 4.31. The molecule has 1 unspecified atom stereocenters. The summed E-state index contributed by atoms with van der Waals surface area (Å²) in [7, 11) is 0. The Morgan fingerprint density at radius 2 is 2.00 bits per heavy atom. The van der Waals surface area contributed by atoms with Gasteiger partial charge in [0, 0.05) is 31.5 Å². The average Bonchev–Trinajstić information content (AvgIpc) is 2.76. The van der Waals surface area contributed by atoms with Gasteiger partial charge in [-0.25, -0.2) is 0 Å². The first-order chi connectivity index (χ1) is 10.4. The van der Waals surface area contributed by atoms with Gasteiger partial charge in [-0.1, -0.05) is 31.2 Å². The minimum absolute atomic E-state index is 0.495. The van der Waals surface area contributed by atoms with E-state index in [1.54, 1.807) is 0 Å². The number of hydrogen-bond donors (Lipinski definition) is 1. The van der Waals surface area contributed by atoms with Crippen molar-refractivity contribution in [2.24, 2.45) is 0 Å². The molecule has 0 saturated heterocycles. The van der Waals surface area contributed by atoms with E-state index in [9.17, 15) is 0 Å². The first-order valence-corrected chi connectivity index (χ1v) is 7.80. The number of nitrogens with one attached hydrogen (secondary N) is 1. The van der Waals surface area contributed by atoms with Crippen LogP contribution in [0.3, 0.4) is 0 Å². The second-order valence-corrected chi connectivity index (χ2v) is 5.60. The normalized spacial score (nSPS) is 18.3. The van der Waals surface area contributed by atoms with Gasteiger partial charge in [-0.15, -0.1) is 0 Å². The molecule has 0 radical (unpaired) electrons. The van der Waals surface area contributed by atoms with Crippen LogP contribution in [0, 0.1) is 0 Å². The van der Waals surface area contributed by atoms with Gasteiger partial charge < -0.3 is 5.32 Å². The molecule has 1 atom stereocenters. The number of pyridine rings is 1. The summed E-state index contributed by atoms with van der Waals surface area (Å²) < 4.78 is 0. The molecule has 1 aliphatic heterocycles. The van der Waals surface area contributed by atoms with Gasteiger partial charge in [-0.3, -0.25) is 9.88 Å². The van der Waals surface area contributed by atoms with E-state index in [1.807, 2.05) is 12.4 Å². The van der Waals surface area contributed by atoms with Crippen molar-refractivity contribution < 1.29 is 0 Å². The summed E-state index contributed by atoms with van der Waals surface area (Å²) in [5, 5.41) is 3.54. The Morgan fingerprint density at radius 1 is 1.19 bits per heavy atom. The van der Waals surface area contributed by atoms with Crippen molar-refractivity contribution in [2.45, 2.75) is 32.5 Å². The summed E-state index contributed by atoms with van der Waals surface area (Å²) in [4.78, 5) is 6.68. The van der Waals surface area contributed by atoms with Gasteiger partial charge in [0.15, 0.2) is 0 Å². The van der Waals surface area contributed by atoms with E-state index in [4.69, 9.17) is 0 Å². The van der Waals surface area contributed by atoms with Crippen LogP contribution in [0.1, 0.15) is 36.1 Å². The molecule has 21 heavy (non-hydrogen) atoms. The molecule has 3 rings (SSSR count). The van der Waals surface area contributed by atoms with Gasteiger partial charge >= 0.3 is 0 Å². The molecule has 0 saturated carbocycles. The highest BCUT2D eigenvalue weighted by molar-refractivity contribution is 5.31. The predicted molar refractivity (Wildman–Crippen MR) is 85.8 cm³/mol. The lowest BCUT2D eigenvalue weighted by molar-refractivity contribution is 0.190. The van der Waals surface area contributed by atoms with Crippen LogP contribution in [0.25, 0.3) is 0 Å². The topological polar surface area (TPSA) is 28.2 Å². The standard InChI is InChI=1S/C18H23N3/c1-2-21(14-15-7-10-19-11-8-15)18-9-12-20-13-16-5-3-4-6-17(16)18/h3-8,10-11,18,20H,2,9,12-14H2,1H3. The highest BCUT2D eigenvalue weighted by atomic mass is 15.2. The number of hydrogen-bond acceptors (Lipinski definition) is 3. The maximum atomic E-state index is 4.11. The highest BCUT2D eigenvalue weighted by Gasteiger charge is 2.23. The lowest BCUT2D eigenvalue weighted by Gasteiger charge is -2.31. The lowest BCUT2D eigenvalue weighted by Crippen LogP contribution is -2.29. The van der Waals surface area contributed by atoms with E-state index in [-0.39, 0.29) is 0 Å². The molecule has 0 aliphatic carbocycles. The van der Waals surface area contributed by atoms with E-state index in [0.29, 0.717) is 6.04 Å². The molecule has 2 aromatic rings. The van der Waals surface area contributed by atoms with Gasteiger partial charge in [0.1, 0.15) is 0 Å². The van der Waals surface area contributed by atoms with Gasteiger partial charge in [-0.05, 0) is 48.3 Å². The maximum absolute atomic E-state index is 4.11. The van der Waals surface area contributed by atoms with Crippen LogP contribution in [-0.2, 0) is 13.1 Å². The summed E-state index contributed by atoms with van der Waals surface area (Å²) in [6.45, 7) is 6.35. The van der Waals surface area contributed by atoms with Crippen LogP contribution < -0.4 is 5.32 Å². The van der Waals surface area contributed by atoms with Gasteiger partial charge in [0.05, 0.1) is 0 Å². The number of nitrogens with zero attached hydrogens (tertiary/aromatic N) is 2. The largest absolute Gasteiger partial charge is 0.313 e. The van der Waals surface area contributed by atoms with Crippen molar-refractivity contribution in [2.75, 3.05) is 13.1 Å². The Hall–Kier alpha value is -1.71. The van der Waals surface area contributed by atoms with Crippen LogP contribution in [0.5, 0.6) is 0 Å². The van der Waals surface area contributed by atoms with Crippen molar-refractivity contribution in [1.82, 2.24) is 15.2 Å². The van der Waals surface area contributed by atoms with Gasteiger partial charge in [0.25, 0.3) is 0 Å². The smallest absolute Gasteiger partial charge is 0.0366 e. The zero-order chi connectivity index (χ0) is 14.5. The molecule has 1 aliphatic rings. The molecular weight excluding hydrogens is 258 g/mol. The predicted octanol–water partition coefficient (Wildman–Crippen LogP) is 3.14. The minimum atomic E-state index is 0.495. The molecule has 0 spiro atoms. The highest BCUT2D eigenvalue weighted by Crippen LogP contribution is 2.30. The molecule has 1 aromatic heterocycles. The summed E-state index contributed by atoms with van der Waals surface area (Å²) in [5.74, 6) is 0. The monoisotopic (exact) mass is 281 g/mol. The zero-order valence-corrected chi connectivity index (χ0v) is 12.6. The third kappa shape index (κ3) is 3.31. The molecule has 0 amide bonds. The maximum Gasteiger partial charge on any atom is 0.0366 e. The van der Waals surface area contributed by atoms with Crippen LogP contribution >= 0.6 is 0 Å². The van der Waals surface area contributed by atoms with E-state index < -0.39 is 0 Å². The summed E-state index contributed by atoms with van der Waals surface area (Å²) in [6.07, 6.45) is 4.92. The van der Waals surface area contributed by atoms with Crippen molar-refractivity contribution in [3.8, 4) is 0 Å². The van der Waals surface area contributed by atoms with Gasteiger partial charge in [0.2, 0.25) is 0 Å². The molecular formula is C18H23N3. The van der Waals surface area contributed by atoms with Crippen molar-refractivity contribution in [3.63, 3.8) is 0 Å². The van der Waals surface area contributed by atoms with E-state index >= 15 is 0 Å². The summed E-state index contributed by atoms with van der Waals surface area (Å²) in [5.41, 5.74) is 4.26. The number of rotatable bonds is 4. The van der Waals surface area contributed by atoms with Crippen molar-refractivity contribution >= 4 is 0 Å². The molecule has 0 fully saturated rings. The molecule has 3 heteroatoms. The number of aromatic nitrogens is 1.